The summed E-state index contributed by atoms with van der Waals surface area (Å²) in [7, 11) is 0. The average molecular weight is 180 g/mol. The van der Waals surface area contributed by atoms with Gasteiger partial charge in [0, 0.05) is 0 Å². The number of rotatable bonds is 1. The first-order valence-electron chi connectivity index (χ1n) is 5.76. The second-order valence-electron chi connectivity index (χ2n) is 5.33. The minimum Gasteiger partial charge on any atom is -0.330 e. The lowest BCUT2D eigenvalue weighted by Crippen LogP contribution is -2.51. The predicted octanol–water partition coefficient (Wildman–Crippen LogP) is 0.971. The largest absolute Gasteiger partial charge is 0.330 e. The zero-order valence-corrected chi connectivity index (χ0v) is 8.26. The van der Waals surface area contributed by atoms with Gasteiger partial charge in [-0.2, -0.15) is 0 Å². The molecule has 4 fully saturated rings. The van der Waals surface area contributed by atoms with E-state index in [9.17, 15) is 0 Å². The van der Waals surface area contributed by atoms with Crippen molar-refractivity contribution in [1.82, 2.24) is 5.32 Å². The van der Waals surface area contributed by atoms with Crippen LogP contribution in [-0.4, -0.2) is 19.6 Å². The third-order valence-electron chi connectivity index (χ3n) is 5.09. The molecule has 1 heterocycles. The van der Waals surface area contributed by atoms with Gasteiger partial charge in [-0.25, -0.2) is 0 Å². The van der Waals surface area contributed by atoms with Gasteiger partial charge in [-0.05, 0) is 68.5 Å². The first kappa shape index (κ1) is 8.25. The van der Waals surface area contributed by atoms with Crippen molar-refractivity contribution in [2.45, 2.75) is 25.7 Å². The lowest BCUT2D eigenvalue weighted by Gasteiger charge is -2.54. The summed E-state index contributed by atoms with van der Waals surface area (Å²) in [5, 5.41) is 3.57. The number of hydrogen-bond donors (Lipinski definition) is 2. The zero-order valence-electron chi connectivity index (χ0n) is 8.26. The Morgan fingerprint density at radius 3 is 2.69 bits per heavy atom. The van der Waals surface area contributed by atoms with Crippen molar-refractivity contribution in [3.8, 4) is 0 Å². The molecule has 2 unspecified atom stereocenters. The van der Waals surface area contributed by atoms with Gasteiger partial charge in [0.1, 0.15) is 0 Å². The molecule has 4 aliphatic rings. The minimum atomic E-state index is 0.545. The van der Waals surface area contributed by atoms with Crippen LogP contribution in [0.5, 0.6) is 0 Å². The molecule has 1 saturated heterocycles. The van der Waals surface area contributed by atoms with E-state index in [1.165, 1.54) is 38.8 Å². The van der Waals surface area contributed by atoms with Crippen LogP contribution in [0.15, 0.2) is 0 Å². The first-order chi connectivity index (χ1) is 6.36. The molecule has 2 nitrogen and oxygen atoms in total. The van der Waals surface area contributed by atoms with E-state index < -0.39 is 0 Å². The summed E-state index contributed by atoms with van der Waals surface area (Å²) in [5.74, 6) is 2.93. The Morgan fingerprint density at radius 2 is 2.00 bits per heavy atom. The lowest BCUT2D eigenvalue weighted by atomic mass is 9.51. The fraction of sp³-hybridized carbons (Fsp3) is 1.00. The second-order valence-corrected chi connectivity index (χ2v) is 5.33. The summed E-state index contributed by atoms with van der Waals surface area (Å²) in [6.07, 6.45) is 5.74. The Kier molecular flexibility index (Phi) is 1.72. The molecule has 2 atom stereocenters. The van der Waals surface area contributed by atoms with Gasteiger partial charge in [0.05, 0.1) is 0 Å². The van der Waals surface area contributed by atoms with Gasteiger partial charge in [-0.15, -0.1) is 0 Å². The van der Waals surface area contributed by atoms with E-state index in [2.05, 4.69) is 5.32 Å². The Morgan fingerprint density at radius 1 is 1.23 bits per heavy atom. The normalized spacial score (nSPS) is 53.8. The highest BCUT2D eigenvalue weighted by Gasteiger charge is 2.53. The summed E-state index contributed by atoms with van der Waals surface area (Å²) >= 11 is 0. The van der Waals surface area contributed by atoms with Gasteiger partial charge in [0.25, 0.3) is 0 Å². The van der Waals surface area contributed by atoms with Crippen LogP contribution in [0.1, 0.15) is 25.7 Å². The maximum atomic E-state index is 6.00. The Bertz CT molecular complexity index is 206. The second kappa shape index (κ2) is 2.71. The van der Waals surface area contributed by atoms with Crippen LogP contribution in [0.4, 0.5) is 0 Å². The van der Waals surface area contributed by atoms with E-state index in [1.807, 2.05) is 0 Å². The van der Waals surface area contributed by atoms with Crippen LogP contribution < -0.4 is 11.1 Å². The molecule has 0 amide bonds. The molecule has 4 rings (SSSR count). The first-order valence-corrected chi connectivity index (χ1v) is 5.76. The molecule has 1 aliphatic heterocycles. The molecule has 0 spiro atoms. The summed E-state index contributed by atoms with van der Waals surface area (Å²) in [5.41, 5.74) is 6.55. The van der Waals surface area contributed by atoms with Gasteiger partial charge < -0.3 is 11.1 Å². The van der Waals surface area contributed by atoms with Gasteiger partial charge in [0.2, 0.25) is 0 Å². The van der Waals surface area contributed by atoms with Crippen LogP contribution in [0.3, 0.4) is 0 Å². The van der Waals surface area contributed by atoms with Crippen molar-refractivity contribution in [2.75, 3.05) is 19.6 Å². The summed E-state index contributed by atoms with van der Waals surface area (Å²) in [6, 6.07) is 0. The Labute approximate surface area is 80.3 Å². The molecule has 0 aromatic rings. The third-order valence-corrected chi connectivity index (χ3v) is 5.09. The highest BCUT2D eigenvalue weighted by molar-refractivity contribution is 5.05. The molecule has 2 bridgehead atoms. The van der Waals surface area contributed by atoms with Crippen molar-refractivity contribution < 1.29 is 0 Å². The molecule has 2 heteroatoms. The SMILES string of the molecule is NCC12CCC(CC1)C1CNCC12. The van der Waals surface area contributed by atoms with Crippen LogP contribution in [0.25, 0.3) is 0 Å². The van der Waals surface area contributed by atoms with Gasteiger partial charge in [0.15, 0.2) is 0 Å². The maximum absolute atomic E-state index is 6.00. The molecule has 0 aromatic heterocycles. The fourth-order valence-corrected chi connectivity index (χ4v) is 4.23. The van der Waals surface area contributed by atoms with Crippen molar-refractivity contribution in [1.29, 1.82) is 0 Å². The van der Waals surface area contributed by atoms with Crippen LogP contribution in [0, 0.1) is 23.2 Å². The highest BCUT2D eigenvalue weighted by Crippen LogP contribution is 2.57. The molecular weight excluding hydrogens is 160 g/mol. The number of nitrogens with two attached hydrogens (primary N) is 1. The van der Waals surface area contributed by atoms with Crippen LogP contribution in [0.2, 0.25) is 0 Å². The summed E-state index contributed by atoms with van der Waals surface area (Å²) in [6.45, 7) is 3.46. The number of nitrogens with one attached hydrogen (secondary N) is 1. The maximum Gasteiger partial charge on any atom is -0.00114 e. The fourth-order valence-electron chi connectivity index (χ4n) is 4.23. The molecular formula is C11H20N2. The van der Waals surface area contributed by atoms with Gasteiger partial charge in [-0.3, -0.25) is 0 Å². The van der Waals surface area contributed by atoms with Gasteiger partial charge >= 0.3 is 0 Å². The topological polar surface area (TPSA) is 38.0 Å². The molecule has 3 aliphatic carbocycles. The number of hydrogen-bond acceptors (Lipinski definition) is 2. The van der Waals surface area contributed by atoms with E-state index in [4.69, 9.17) is 5.73 Å². The zero-order chi connectivity index (χ0) is 8.89. The molecule has 3 saturated carbocycles. The Hall–Kier alpha value is -0.0800. The predicted molar refractivity (Wildman–Crippen MR) is 53.3 cm³/mol. The van der Waals surface area contributed by atoms with Crippen LogP contribution in [-0.2, 0) is 0 Å². The van der Waals surface area contributed by atoms with Crippen molar-refractivity contribution >= 4 is 0 Å². The Balaban J connectivity index is 1.94. The van der Waals surface area contributed by atoms with E-state index >= 15 is 0 Å². The summed E-state index contributed by atoms with van der Waals surface area (Å²) in [4.78, 5) is 0. The minimum absolute atomic E-state index is 0.545. The standard InChI is InChI=1S/C11H20N2/c12-7-11-3-1-8(2-4-11)9-5-13-6-10(9)11/h8-10,13H,1-7,12H2. The monoisotopic (exact) mass is 180 g/mol. The molecule has 3 N–H and O–H groups in total. The molecule has 0 radical (unpaired) electrons. The molecule has 74 valence electrons. The van der Waals surface area contributed by atoms with Crippen molar-refractivity contribution in [2.24, 2.45) is 28.9 Å². The van der Waals surface area contributed by atoms with E-state index in [1.54, 1.807) is 0 Å². The van der Waals surface area contributed by atoms with E-state index in [0.29, 0.717) is 5.41 Å². The van der Waals surface area contributed by atoms with Gasteiger partial charge in [-0.1, -0.05) is 0 Å². The highest BCUT2D eigenvalue weighted by atomic mass is 14.9. The number of fused-ring (bicyclic) bond motifs is 2. The van der Waals surface area contributed by atoms with E-state index in [-0.39, 0.29) is 0 Å². The molecule has 13 heavy (non-hydrogen) atoms. The lowest BCUT2D eigenvalue weighted by molar-refractivity contribution is -0.0267. The average Bonchev–Trinajstić information content (AvgIpc) is 2.70. The molecule has 0 aromatic carbocycles. The van der Waals surface area contributed by atoms with Crippen LogP contribution >= 0.6 is 0 Å². The quantitative estimate of drug-likeness (QED) is 0.631. The van der Waals surface area contributed by atoms with E-state index in [0.717, 1.165) is 24.3 Å². The smallest absolute Gasteiger partial charge is 0.00114 e. The summed E-state index contributed by atoms with van der Waals surface area (Å²) < 4.78 is 0. The van der Waals surface area contributed by atoms with Crippen molar-refractivity contribution in [3.05, 3.63) is 0 Å². The third kappa shape index (κ3) is 0.962. The van der Waals surface area contributed by atoms with Crippen molar-refractivity contribution in [3.63, 3.8) is 0 Å².